The first-order valence-corrected chi connectivity index (χ1v) is 10.2. The van der Waals surface area contributed by atoms with Gasteiger partial charge in [0, 0.05) is 12.6 Å². The highest BCUT2D eigenvalue weighted by molar-refractivity contribution is 7.99. The molecule has 0 spiro atoms. The maximum atomic E-state index is 13.5. The molecule has 4 rings (SSSR count). The first-order chi connectivity index (χ1) is 12.7. The van der Waals surface area contributed by atoms with Gasteiger partial charge < -0.3 is 4.90 Å². The number of benzene rings is 1. The lowest BCUT2D eigenvalue weighted by Crippen LogP contribution is -2.50. The molecule has 1 aromatic carbocycles. The van der Waals surface area contributed by atoms with Crippen molar-refractivity contribution in [3.8, 4) is 5.69 Å². The molecule has 2 heterocycles. The van der Waals surface area contributed by atoms with E-state index in [1.54, 1.807) is 12.1 Å². The monoisotopic (exact) mass is 375 g/mol. The summed E-state index contributed by atoms with van der Waals surface area (Å²) in [4.78, 5) is 14.9. The summed E-state index contributed by atoms with van der Waals surface area (Å²) < 4.78 is 14.9. The topological polar surface area (TPSA) is 63.9 Å². The number of fused-ring (bicyclic) bond motifs is 1. The highest BCUT2D eigenvalue weighted by atomic mass is 32.2. The van der Waals surface area contributed by atoms with Crippen LogP contribution in [-0.2, 0) is 4.79 Å². The number of thioether (sulfide) groups is 1. The zero-order chi connectivity index (χ0) is 17.9. The molecule has 1 aliphatic heterocycles. The third-order valence-electron chi connectivity index (χ3n) is 5.38. The van der Waals surface area contributed by atoms with Crippen LogP contribution >= 0.6 is 11.8 Å². The number of hydrogen-bond donors (Lipinski definition) is 0. The van der Waals surface area contributed by atoms with Gasteiger partial charge in [0.1, 0.15) is 5.82 Å². The number of carbonyl (C=O) groups excluding carboxylic acids is 1. The van der Waals surface area contributed by atoms with E-state index in [4.69, 9.17) is 0 Å². The van der Waals surface area contributed by atoms with Gasteiger partial charge in [-0.3, -0.25) is 4.79 Å². The molecule has 8 heteroatoms. The summed E-state index contributed by atoms with van der Waals surface area (Å²) in [5.74, 6) is 0.782. The summed E-state index contributed by atoms with van der Waals surface area (Å²) in [7, 11) is 0. The third-order valence-corrected chi connectivity index (χ3v) is 6.29. The number of aromatic nitrogens is 4. The Morgan fingerprint density at radius 1 is 1.23 bits per heavy atom. The minimum absolute atomic E-state index is 0.153. The van der Waals surface area contributed by atoms with Crippen LogP contribution in [0.1, 0.15) is 38.5 Å². The second kappa shape index (κ2) is 7.73. The Bertz CT molecular complexity index is 780. The molecular formula is C18H22FN5OS. The highest BCUT2D eigenvalue weighted by Crippen LogP contribution is 2.35. The molecule has 2 unspecified atom stereocenters. The van der Waals surface area contributed by atoms with Crippen molar-refractivity contribution in [2.75, 3.05) is 12.3 Å². The Balaban J connectivity index is 1.43. The van der Waals surface area contributed by atoms with Crippen molar-refractivity contribution in [3.05, 3.63) is 30.1 Å². The van der Waals surface area contributed by atoms with Crippen molar-refractivity contribution in [2.45, 2.75) is 49.7 Å². The largest absolute Gasteiger partial charge is 0.339 e. The Labute approximate surface area is 156 Å². The van der Waals surface area contributed by atoms with Gasteiger partial charge >= 0.3 is 0 Å². The van der Waals surface area contributed by atoms with Gasteiger partial charge in [0.15, 0.2) is 0 Å². The van der Waals surface area contributed by atoms with E-state index in [0.717, 1.165) is 19.4 Å². The number of carbonyl (C=O) groups is 1. The van der Waals surface area contributed by atoms with E-state index in [1.807, 2.05) is 0 Å². The molecule has 1 aliphatic carbocycles. The molecule has 0 bridgehead atoms. The fraction of sp³-hybridized carbons (Fsp3) is 0.556. The number of tetrazole rings is 1. The maximum absolute atomic E-state index is 13.5. The molecule has 1 aromatic heterocycles. The molecule has 138 valence electrons. The first kappa shape index (κ1) is 17.5. The minimum Gasteiger partial charge on any atom is -0.339 e. The van der Waals surface area contributed by atoms with Gasteiger partial charge in [0.2, 0.25) is 11.1 Å². The van der Waals surface area contributed by atoms with Crippen LogP contribution in [0, 0.1) is 11.7 Å². The van der Waals surface area contributed by atoms with E-state index in [-0.39, 0.29) is 11.7 Å². The van der Waals surface area contributed by atoms with Crippen molar-refractivity contribution in [1.82, 2.24) is 25.1 Å². The number of nitrogens with zero attached hydrogens (tertiary/aromatic N) is 5. The van der Waals surface area contributed by atoms with Crippen molar-refractivity contribution >= 4 is 17.7 Å². The van der Waals surface area contributed by atoms with Crippen LogP contribution in [0.15, 0.2) is 29.4 Å². The van der Waals surface area contributed by atoms with E-state index >= 15 is 0 Å². The van der Waals surface area contributed by atoms with Crippen molar-refractivity contribution in [1.29, 1.82) is 0 Å². The molecule has 26 heavy (non-hydrogen) atoms. The molecule has 2 aromatic rings. The molecule has 2 aliphatic rings. The average molecular weight is 375 g/mol. The zero-order valence-electron chi connectivity index (χ0n) is 14.6. The second-order valence-electron chi connectivity index (χ2n) is 6.98. The number of likely N-dealkylation sites (tertiary alicyclic amines) is 1. The standard InChI is InChI=1S/C18H22FN5OS/c19-14-7-3-8-15(11-14)24-18(20-21-22-24)26-12-17(25)23-10-4-6-13-5-1-2-9-16(13)23/h3,7-8,11,13,16H,1-2,4-6,9-10,12H2. The van der Waals surface area contributed by atoms with E-state index in [1.165, 1.54) is 54.3 Å². The molecule has 1 saturated heterocycles. The summed E-state index contributed by atoms with van der Waals surface area (Å²) in [6, 6.07) is 6.51. The predicted octanol–water partition coefficient (Wildman–Crippen LogP) is 3.07. The normalized spacial score (nSPS) is 22.9. The Morgan fingerprint density at radius 3 is 2.96 bits per heavy atom. The molecule has 2 fully saturated rings. The highest BCUT2D eigenvalue weighted by Gasteiger charge is 2.35. The van der Waals surface area contributed by atoms with Crippen LogP contribution in [0.25, 0.3) is 5.69 Å². The van der Waals surface area contributed by atoms with Gasteiger partial charge in [-0.05, 0) is 60.2 Å². The zero-order valence-corrected chi connectivity index (χ0v) is 15.4. The SMILES string of the molecule is O=C(CSc1nnnn1-c1cccc(F)c1)N1CCCC2CCCCC21. The van der Waals surface area contributed by atoms with Gasteiger partial charge in [-0.2, -0.15) is 4.68 Å². The maximum Gasteiger partial charge on any atom is 0.233 e. The van der Waals surface area contributed by atoms with Crippen LogP contribution in [0.4, 0.5) is 4.39 Å². The van der Waals surface area contributed by atoms with Gasteiger partial charge in [0.05, 0.1) is 11.4 Å². The minimum atomic E-state index is -0.346. The van der Waals surface area contributed by atoms with Crippen LogP contribution in [0.5, 0.6) is 0 Å². The van der Waals surface area contributed by atoms with E-state index in [2.05, 4.69) is 20.4 Å². The lowest BCUT2D eigenvalue weighted by atomic mass is 9.78. The number of hydrogen-bond acceptors (Lipinski definition) is 5. The lowest BCUT2D eigenvalue weighted by Gasteiger charge is -2.44. The summed E-state index contributed by atoms with van der Waals surface area (Å²) in [5, 5.41) is 12.1. The van der Waals surface area contributed by atoms with E-state index in [9.17, 15) is 9.18 Å². The Morgan fingerprint density at radius 2 is 2.08 bits per heavy atom. The molecule has 2 atom stereocenters. The number of rotatable bonds is 4. The Kier molecular flexibility index (Phi) is 5.19. The second-order valence-corrected chi connectivity index (χ2v) is 7.93. The number of halogens is 1. The van der Waals surface area contributed by atoms with Gasteiger partial charge in [-0.15, -0.1) is 5.10 Å². The van der Waals surface area contributed by atoms with Gasteiger partial charge in [0.25, 0.3) is 0 Å². The summed E-state index contributed by atoms with van der Waals surface area (Å²) in [5.41, 5.74) is 0.551. The molecule has 6 nitrogen and oxygen atoms in total. The molecule has 0 radical (unpaired) electrons. The predicted molar refractivity (Wildman–Crippen MR) is 96.5 cm³/mol. The van der Waals surface area contributed by atoms with Crippen LogP contribution in [0.2, 0.25) is 0 Å². The van der Waals surface area contributed by atoms with Crippen LogP contribution in [0.3, 0.4) is 0 Å². The van der Waals surface area contributed by atoms with Crippen LogP contribution in [-0.4, -0.2) is 49.4 Å². The summed E-state index contributed by atoms with van der Waals surface area (Å²) >= 11 is 1.31. The van der Waals surface area contributed by atoms with Crippen molar-refractivity contribution in [3.63, 3.8) is 0 Å². The first-order valence-electron chi connectivity index (χ1n) is 9.19. The van der Waals surface area contributed by atoms with Crippen LogP contribution < -0.4 is 0 Å². The molecule has 0 N–H and O–H groups in total. The number of amides is 1. The summed E-state index contributed by atoms with van der Waals surface area (Å²) in [6.45, 7) is 0.857. The van der Waals surface area contributed by atoms with Gasteiger partial charge in [-0.1, -0.05) is 30.7 Å². The fourth-order valence-electron chi connectivity index (χ4n) is 4.18. The summed E-state index contributed by atoms with van der Waals surface area (Å²) in [6.07, 6.45) is 7.23. The van der Waals surface area contributed by atoms with Crippen molar-refractivity contribution < 1.29 is 9.18 Å². The van der Waals surface area contributed by atoms with Crippen molar-refractivity contribution in [2.24, 2.45) is 5.92 Å². The Hall–Kier alpha value is -1.96. The average Bonchev–Trinajstić information content (AvgIpc) is 3.14. The molecule has 1 saturated carbocycles. The van der Waals surface area contributed by atoms with Gasteiger partial charge in [-0.25, -0.2) is 4.39 Å². The lowest BCUT2D eigenvalue weighted by molar-refractivity contribution is -0.134. The molecule has 1 amide bonds. The van der Waals surface area contributed by atoms with E-state index < -0.39 is 0 Å². The number of piperidine rings is 1. The van der Waals surface area contributed by atoms with E-state index in [0.29, 0.717) is 28.6 Å². The quantitative estimate of drug-likeness (QED) is 0.769. The molecular weight excluding hydrogens is 353 g/mol. The third kappa shape index (κ3) is 3.60. The fourth-order valence-corrected chi connectivity index (χ4v) is 4.96. The smallest absolute Gasteiger partial charge is 0.233 e.